The molecule has 2 heterocycles. The van der Waals surface area contributed by atoms with Gasteiger partial charge in [-0.2, -0.15) is 0 Å². The van der Waals surface area contributed by atoms with E-state index in [1.807, 2.05) is 6.92 Å². The van der Waals surface area contributed by atoms with Gasteiger partial charge in [0.1, 0.15) is 6.10 Å². The zero-order chi connectivity index (χ0) is 13.1. The van der Waals surface area contributed by atoms with Crippen LogP contribution in [-0.2, 0) is 19.1 Å². The zero-order valence-electron chi connectivity index (χ0n) is 10.4. The van der Waals surface area contributed by atoms with E-state index >= 15 is 0 Å². The highest BCUT2D eigenvalue weighted by atomic mass is 16.5. The topological polar surface area (TPSA) is 84.9 Å². The Labute approximate surface area is 106 Å². The van der Waals surface area contributed by atoms with E-state index in [1.54, 1.807) is 0 Å². The lowest BCUT2D eigenvalue weighted by Crippen LogP contribution is -2.39. The zero-order valence-corrected chi connectivity index (χ0v) is 10.4. The molecule has 1 amide bonds. The Kier molecular flexibility index (Phi) is 4.19. The molecule has 0 aromatic rings. The summed E-state index contributed by atoms with van der Waals surface area (Å²) < 4.78 is 10.6. The first-order valence-corrected chi connectivity index (χ1v) is 6.35. The molecule has 0 aliphatic carbocycles. The number of carboxylic acids is 1. The van der Waals surface area contributed by atoms with Gasteiger partial charge >= 0.3 is 5.97 Å². The Morgan fingerprint density at radius 3 is 2.56 bits per heavy atom. The fourth-order valence-electron chi connectivity index (χ4n) is 2.40. The smallest absolute Gasteiger partial charge is 0.332 e. The number of amides is 1. The van der Waals surface area contributed by atoms with Gasteiger partial charge in [0.05, 0.1) is 6.10 Å². The van der Waals surface area contributed by atoms with Crippen LogP contribution in [-0.4, -0.2) is 48.4 Å². The minimum Gasteiger partial charge on any atom is -0.479 e. The van der Waals surface area contributed by atoms with Crippen LogP contribution in [0, 0.1) is 5.92 Å². The van der Waals surface area contributed by atoms with Gasteiger partial charge < -0.3 is 19.9 Å². The van der Waals surface area contributed by atoms with Gasteiger partial charge in [0.2, 0.25) is 5.91 Å². The number of carbonyl (C=O) groups excluding carboxylic acids is 1. The van der Waals surface area contributed by atoms with Crippen LogP contribution in [0.1, 0.15) is 26.2 Å². The number of hydrogen-bond acceptors (Lipinski definition) is 4. The van der Waals surface area contributed by atoms with Crippen molar-refractivity contribution < 1.29 is 24.2 Å². The Morgan fingerprint density at radius 1 is 1.28 bits per heavy atom. The summed E-state index contributed by atoms with van der Waals surface area (Å²) in [6.07, 6.45) is 0.528. The number of aliphatic carboxylic acids is 1. The van der Waals surface area contributed by atoms with Gasteiger partial charge in [0.25, 0.3) is 0 Å². The molecule has 18 heavy (non-hydrogen) atoms. The average Bonchev–Trinajstić information content (AvgIpc) is 2.94. The molecular formula is C12H19NO5. The van der Waals surface area contributed by atoms with Crippen molar-refractivity contribution in [2.75, 3.05) is 13.2 Å². The third kappa shape index (κ3) is 3.00. The van der Waals surface area contributed by atoms with Crippen molar-refractivity contribution in [2.24, 2.45) is 5.92 Å². The van der Waals surface area contributed by atoms with Gasteiger partial charge in [-0.3, -0.25) is 4.79 Å². The van der Waals surface area contributed by atoms with Crippen molar-refractivity contribution in [3.05, 3.63) is 0 Å². The molecule has 2 N–H and O–H groups in total. The Hall–Kier alpha value is -1.14. The highest BCUT2D eigenvalue weighted by molar-refractivity contribution is 5.82. The fraction of sp³-hybridized carbons (Fsp3) is 0.833. The van der Waals surface area contributed by atoms with Crippen LogP contribution in [0.2, 0.25) is 0 Å². The summed E-state index contributed by atoms with van der Waals surface area (Å²) in [6, 6.07) is 0. The highest BCUT2D eigenvalue weighted by Gasteiger charge is 2.35. The second kappa shape index (κ2) is 5.67. The summed E-state index contributed by atoms with van der Waals surface area (Å²) in [5, 5.41) is 11.6. The van der Waals surface area contributed by atoms with Crippen LogP contribution >= 0.6 is 0 Å². The van der Waals surface area contributed by atoms with E-state index in [9.17, 15) is 9.59 Å². The van der Waals surface area contributed by atoms with E-state index in [0.717, 1.165) is 13.0 Å². The van der Waals surface area contributed by atoms with Crippen LogP contribution in [0.25, 0.3) is 0 Å². The molecule has 0 radical (unpaired) electrons. The first-order chi connectivity index (χ1) is 8.58. The lowest BCUT2D eigenvalue weighted by atomic mass is 10.0. The van der Waals surface area contributed by atoms with E-state index in [2.05, 4.69) is 5.32 Å². The summed E-state index contributed by atoms with van der Waals surface area (Å²) in [7, 11) is 0. The van der Waals surface area contributed by atoms with Gasteiger partial charge in [0.15, 0.2) is 6.10 Å². The van der Waals surface area contributed by atoms with E-state index in [0.29, 0.717) is 25.3 Å². The van der Waals surface area contributed by atoms with Crippen LogP contribution in [0.3, 0.4) is 0 Å². The lowest BCUT2D eigenvalue weighted by molar-refractivity contribution is -0.151. The van der Waals surface area contributed by atoms with E-state index in [-0.39, 0.29) is 12.0 Å². The average molecular weight is 257 g/mol. The third-order valence-electron chi connectivity index (χ3n) is 3.66. The standard InChI is InChI=1S/C12H19NO5/c1-7-8(4-5-17-7)6-13-11(14)9-2-3-10(18-9)12(15)16/h7-10H,2-6H2,1H3,(H,13,14)(H,15,16)/t7?,8?,9-,10+/m0/s1. The molecule has 2 saturated heterocycles. The van der Waals surface area contributed by atoms with Crippen molar-refractivity contribution in [3.8, 4) is 0 Å². The molecular weight excluding hydrogens is 238 g/mol. The minimum absolute atomic E-state index is 0.168. The molecule has 0 aromatic carbocycles. The fourth-order valence-corrected chi connectivity index (χ4v) is 2.40. The number of rotatable bonds is 4. The number of carbonyl (C=O) groups is 2. The molecule has 2 fully saturated rings. The second-order valence-electron chi connectivity index (χ2n) is 4.90. The molecule has 0 aromatic heterocycles. The molecule has 4 atom stereocenters. The first kappa shape index (κ1) is 13.3. The maximum atomic E-state index is 11.8. The van der Waals surface area contributed by atoms with Crippen LogP contribution < -0.4 is 5.32 Å². The van der Waals surface area contributed by atoms with Crippen LogP contribution in [0.15, 0.2) is 0 Å². The largest absolute Gasteiger partial charge is 0.479 e. The van der Waals surface area contributed by atoms with Crippen molar-refractivity contribution in [1.29, 1.82) is 0 Å². The maximum absolute atomic E-state index is 11.8. The normalized spacial score (nSPS) is 35.6. The molecule has 2 rings (SSSR count). The summed E-state index contributed by atoms with van der Waals surface area (Å²) in [4.78, 5) is 22.5. The monoisotopic (exact) mass is 257 g/mol. The van der Waals surface area contributed by atoms with Gasteiger partial charge in [-0.25, -0.2) is 4.79 Å². The number of ether oxygens (including phenoxy) is 2. The first-order valence-electron chi connectivity index (χ1n) is 6.35. The van der Waals surface area contributed by atoms with Gasteiger partial charge in [-0.1, -0.05) is 0 Å². The summed E-state index contributed by atoms with van der Waals surface area (Å²) in [6.45, 7) is 3.30. The van der Waals surface area contributed by atoms with Crippen molar-refractivity contribution in [1.82, 2.24) is 5.32 Å². The van der Waals surface area contributed by atoms with Gasteiger partial charge in [0, 0.05) is 19.1 Å². The third-order valence-corrected chi connectivity index (χ3v) is 3.66. The molecule has 102 valence electrons. The molecule has 0 bridgehead atoms. The highest BCUT2D eigenvalue weighted by Crippen LogP contribution is 2.21. The SMILES string of the molecule is CC1OCCC1CNC(=O)[C@@H]1CC[C@H](C(=O)O)O1. The second-order valence-corrected chi connectivity index (χ2v) is 4.90. The predicted octanol–water partition coefficient (Wildman–Crippen LogP) is 0.160. The van der Waals surface area contributed by atoms with E-state index in [1.165, 1.54) is 0 Å². The minimum atomic E-state index is -0.997. The Morgan fingerprint density at radius 2 is 2.00 bits per heavy atom. The summed E-state index contributed by atoms with van der Waals surface area (Å²) >= 11 is 0. The maximum Gasteiger partial charge on any atom is 0.332 e. The van der Waals surface area contributed by atoms with Crippen molar-refractivity contribution in [2.45, 2.75) is 44.5 Å². The van der Waals surface area contributed by atoms with Crippen molar-refractivity contribution in [3.63, 3.8) is 0 Å². The van der Waals surface area contributed by atoms with E-state index in [4.69, 9.17) is 14.6 Å². The van der Waals surface area contributed by atoms with Crippen LogP contribution in [0.4, 0.5) is 0 Å². The number of carboxylic acid groups (broad SMARTS) is 1. The molecule has 2 unspecified atom stereocenters. The molecule has 0 saturated carbocycles. The van der Waals surface area contributed by atoms with Crippen molar-refractivity contribution >= 4 is 11.9 Å². The summed E-state index contributed by atoms with van der Waals surface area (Å²) in [5.41, 5.74) is 0. The predicted molar refractivity (Wildman–Crippen MR) is 62.1 cm³/mol. The molecule has 0 spiro atoms. The van der Waals surface area contributed by atoms with E-state index < -0.39 is 18.2 Å². The lowest BCUT2D eigenvalue weighted by Gasteiger charge is -2.17. The number of hydrogen-bond donors (Lipinski definition) is 2. The summed E-state index contributed by atoms with van der Waals surface area (Å²) in [5.74, 6) is -0.869. The Balaban J connectivity index is 1.74. The molecule has 6 heteroatoms. The number of nitrogens with one attached hydrogen (secondary N) is 1. The van der Waals surface area contributed by atoms with Gasteiger partial charge in [-0.15, -0.1) is 0 Å². The Bertz CT molecular complexity index is 332. The molecule has 2 aliphatic heterocycles. The van der Waals surface area contributed by atoms with Crippen LogP contribution in [0.5, 0.6) is 0 Å². The van der Waals surface area contributed by atoms with Gasteiger partial charge in [-0.05, 0) is 26.2 Å². The quantitative estimate of drug-likeness (QED) is 0.749. The molecule has 6 nitrogen and oxygen atoms in total. The molecule has 2 aliphatic rings.